The third-order valence-corrected chi connectivity index (χ3v) is 7.24. The lowest BCUT2D eigenvalue weighted by atomic mass is 9.96. The van der Waals surface area contributed by atoms with E-state index >= 15 is 0 Å². The zero-order chi connectivity index (χ0) is 22.0. The third-order valence-electron chi connectivity index (χ3n) is 7.24. The average molecular weight is 412 g/mol. The molecule has 0 heterocycles. The highest BCUT2D eigenvalue weighted by molar-refractivity contribution is 4.69. The van der Waals surface area contributed by atoms with Crippen molar-refractivity contribution in [2.24, 2.45) is 0 Å². The van der Waals surface area contributed by atoms with Gasteiger partial charge < -0.3 is 9.85 Å². The predicted octanol–water partition coefficient (Wildman–Crippen LogP) is 9.55. The Morgan fingerprint density at radius 1 is 0.448 bits per heavy atom. The number of hydroxylamine groups is 3. The average Bonchev–Trinajstić information content (AvgIpc) is 2.72. The topological polar surface area (TPSA) is 23.1 Å². The van der Waals surface area contributed by atoms with Crippen molar-refractivity contribution in [1.29, 1.82) is 0 Å². The number of rotatable bonds is 21. The first-order chi connectivity index (χ1) is 13.9. The van der Waals surface area contributed by atoms with Gasteiger partial charge >= 0.3 is 0 Å². The lowest BCUT2D eigenvalue weighted by molar-refractivity contribution is -0.947. The normalized spacial score (nSPS) is 17.1. The van der Waals surface area contributed by atoms with Gasteiger partial charge in [0.05, 0.1) is 18.1 Å². The molecule has 0 aliphatic carbocycles. The molecule has 0 aromatic rings. The molecule has 0 saturated heterocycles. The van der Waals surface area contributed by atoms with Crippen LogP contribution in [0.2, 0.25) is 0 Å². The minimum Gasteiger partial charge on any atom is -0.632 e. The molecule has 0 bridgehead atoms. The van der Waals surface area contributed by atoms with Crippen LogP contribution in [0.1, 0.15) is 157 Å². The maximum Gasteiger partial charge on any atom is 0.0862 e. The largest absolute Gasteiger partial charge is 0.632 e. The number of hydrogen-bond donors (Lipinski definition) is 0. The van der Waals surface area contributed by atoms with Gasteiger partial charge in [-0.15, -0.1) is 0 Å². The van der Waals surface area contributed by atoms with Gasteiger partial charge in [-0.2, -0.15) is 0 Å². The van der Waals surface area contributed by atoms with Crippen molar-refractivity contribution in [2.45, 2.75) is 175 Å². The first kappa shape index (κ1) is 28.9. The Hall–Kier alpha value is -0.0800. The van der Waals surface area contributed by atoms with Gasteiger partial charge in [-0.1, -0.05) is 97.8 Å². The molecule has 3 unspecified atom stereocenters. The second-order valence-corrected chi connectivity index (χ2v) is 9.92. The SMILES string of the molecule is CCCCCCCC(C)[N+]([O-])(C(C)CCCCCCC)C(C)CCCCCCC. The molecular formula is C27H57NO. The van der Waals surface area contributed by atoms with Crippen LogP contribution < -0.4 is 0 Å². The second kappa shape index (κ2) is 18.7. The van der Waals surface area contributed by atoms with E-state index in [4.69, 9.17) is 0 Å². The smallest absolute Gasteiger partial charge is 0.0862 e. The summed E-state index contributed by atoms with van der Waals surface area (Å²) in [6.07, 6.45) is 22.8. The van der Waals surface area contributed by atoms with E-state index in [1.54, 1.807) is 0 Å². The lowest BCUT2D eigenvalue weighted by Gasteiger charge is -2.56. The summed E-state index contributed by atoms with van der Waals surface area (Å²) in [5.74, 6) is 0. The fourth-order valence-electron chi connectivity index (χ4n) is 5.04. The molecule has 0 spiro atoms. The van der Waals surface area contributed by atoms with Crippen molar-refractivity contribution < 1.29 is 4.65 Å². The predicted molar refractivity (Wildman–Crippen MR) is 132 cm³/mol. The van der Waals surface area contributed by atoms with Crippen LogP contribution in [-0.2, 0) is 0 Å². The van der Waals surface area contributed by atoms with Crippen LogP contribution in [-0.4, -0.2) is 22.8 Å². The Bertz CT molecular complexity index is 293. The van der Waals surface area contributed by atoms with E-state index in [9.17, 15) is 5.21 Å². The second-order valence-electron chi connectivity index (χ2n) is 9.92. The molecule has 2 nitrogen and oxygen atoms in total. The Labute approximate surface area is 185 Å². The van der Waals surface area contributed by atoms with Crippen LogP contribution in [0.3, 0.4) is 0 Å². The quantitative estimate of drug-likeness (QED) is 0.105. The third kappa shape index (κ3) is 12.4. The summed E-state index contributed by atoms with van der Waals surface area (Å²) in [6, 6.07) is 0.730. The van der Waals surface area contributed by atoms with E-state index in [1.165, 1.54) is 96.3 Å². The van der Waals surface area contributed by atoms with Crippen molar-refractivity contribution >= 4 is 0 Å². The molecule has 3 atom stereocenters. The molecule has 176 valence electrons. The van der Waals surface area contributed by atoms with Gasteiger partial charge in [-0.25, -0.2) is 0 Å². The Balaban J connectivity index is 4.75. The van der Waals surface area contributed by atoms with Crippen molar-refractivity contribution in [2.75, 3.05) is 0 Å². The van der Waals surface area contributed by atoms with Gasteiger partial charge in [-0.3, -0.25) is 0 Å². The van der Waals surface area contributed by atoms with Crippen LogP contribution in [0.5, 0.6) is 0 Å². The van der Waals surface area contributed by atoms with Crippen LogP contribution >= 0.6 is 0 Å². The van der Waals surface area contributed by atoms with Crippen LogP contribution in [0.4, 0.5) is 0 Å². The molecule has 0 saturated carbocycles. The summed E-state index contributed by atoms with van der Waals surface area (Å²) in [5.41, 5.74) is 0. The molecule has 0 radical (unpaired) electrons. The van der Waals surface area contributed by atoms with E-state index in [-0.39, 0.29) is 22.8 Å². The highest BCUT2D eigenvalue weighted by Crippen LogP contribution is 2.31. The molecule has 0 fully saturated rings. The fraction of sp³-hybridized carbons (Fsp3) is 1.00. The van der Waals surface area contributed by atoms with Crippen LogP contribution in [0.25, 0.3) is 0 Å². The molecule has 0 N–H and O–H groups in total. The summed E-state index contributed by atoms with van der Waals surface area (Å²) in [5, 5.41) is 14.3. The van der Waals surface area contributed by atoms with Crippen molar-refractivity contribution in [3.05, 3.63) is 5.21 Å². The first-order valence-corrected chi connectivity index (χ1v) is 13.5. The molecule has 29 heavy (non-hydrogen) atoms. The van der Waals surface area contributed by atoms with Crippen molar-refractivity contribution in [3.63, 3.8) is 0 Å². The molecule has 0 amide bonds. The van der Waals surface area contributed by atoms with Gasteiger partial charge in [0.15, 0.2) is 0 Å². The van der Waals surface area contributed by atoms with Crippen molar-refractivity contribution in [3.8, 4) is 0 Å². The number of unbranched alkanes of at least 4 members (excludes halogenated alkanes) is 12. The maximum atomic E-state index is 14.3. The standard InChI is InChI=1S/C27H57NO/c1-7-10-13-16-19-22-25(4)28(29,26(5)23-20-17-14-11-8-2)27(6)24-21-18-15-12-9-3/h25-27H,7-24H2,1-6H3. The molecule has 0 rings (SSSR count). The number of nitrogens with zero attached hydrogens (tertiary/aromatic N) is 1. The molecular weight excluding hydrogens is 354 g/mol. The summed E-state index contributed by atoms with van der Waals surface area (Å²) < 4.78 is 0.0648. The zero-order valence-corrected chi connectivity index (χ0v) is 21.3. The Morgan fingerprint density at radius 2 is 0.690 bits per heavy atom. The fourth-order valence-corrected chi connectivity index (χ4v) is 5.04. The zero-order valence-electron chi connectivity index (χ0n) is 21.3. The molecule has 2 heteroatoms. The molecule has 0 aliphatic rings. The van der Waals surface area contributed by atoms with Gasteiger partial charge in [0.2, 0.25) is 0 Å². The Morgan fingerprint density at radius 3 is 0.931 bits per heavy atom. The van der Waals surface area contributed by atoms with Gasteiger partial charge in [-0.05, 0) is 59.3 Å². The molecule has 0 aliphatic heterocycles. The van der Waals surface area contributed by atoms with Crippen LogP contribution in [0.15, 0.2) is 0 Å². The van der Waals surface area contributed by atoms with Crippen LogP contribution in [0, 0.1) is 5.21 Å². The summed E-state index contributed by atoms with van der Waals surface area (Å²) in [7, 11) is 0. The maximum absolute atomic E-state index is 14.3. The summed E-state index contributed by atoms with van der Waals surface area (Å²) >= 11 is 0. The minimum atomic E-state index is 0.0648. The molecule has 0 aromatic heterocycles. The van der Waals surface area contributed by atoms with Gasteiger partial charge in [0, 0.05) is 0 Å². The number of quaternary nitrogens is 1. The van der Waals surface area contributed by atoms with Crippen molar-refractivity contribution in [1.82, 2.24) is 0 Å². The molecule has 0 aromatic carbocycles. The highest BCUT2D eigenvalue weighted by atomic mass is 16.6. The summed E-state index contributed by atoms with van der Waals surface area (Å²) in [6.45, 7) is 13.6. The van der Waals surface area contributed by atoms with Gasteiger partial charge in [0.1, 0.15) is 0 Å². The van der Waals surface area contributed by atoms with E-state index in [0.29, 0.717) is 0 Å². The minimum absolute atomic E-state index is 0.0648. The van der Waals surface area contributed by atoms with E-state index < -0.39 is 0 Å². The highest BCUT2D eigenvalue weighted by Gasteiger charge is 2.35. The Kier molecular flexibility index (Phi) is 18.6. The summed E-state index contributed by atoms with van der Waals surface area (Å²) in [4.78, 5) is 0. The van der Waals surface area contributed by atoms with E-state index in [2.05, 4.69) is 41.5 Å². The monoisotopic (exact) mass is 411 g/mol. The number of hydrogen-bond acceptors (Lipinski definition) is 1. The lowest BCUT2D eigenvalue weighted by Crippen LogP contribution is -2.60. The van der Waals surface area contributed by atoms with Gasteiger partial charge in [0.25, 0.3) is 0 Å². The van der Waals surface area contributed by atoms with E-state index in [0.717, 1.165) is 19.3 Å². The van der Waals surface area contributed by atoms with E-state index in [1.807, 2.05) is 0 Å². The first-order valence-electron chi connectivity index (χ1n) is 13.5.